The Morgan fingerprint density at radius 2 is 1.85 bits per heavy atom. The van der Waals surface area contributed by atoms with Crippen molar-refractivity contribution in [2.45, 2.75) is 29.9 Å². The van der Waals surface area contributed by atoms with E-state index in [0.29, 0.717) is 4.05 Å². The molecule has 1 amide bonds. The predicted molar refractivity (Wildman–Crippen MR) is 145 cm³/mol. The summed E-state index contributed by atoms with van der Waals surface area (Å²) in [5.41, 5.74) is 5.27. The molecule has 0 radical (unpaired) electrons. The first-order valence-electron chi connectivity index (χ1n) is 11.3. The molecule has 5 heteroatoms. The predicted octanol–water partition coefficient (Wildman–Crippen LogP) is 6.76. The molecule has 0 aliphatic carbocycles. The number of benzene rings is 3. The topological polar surface area (TPSA) is 41.6 Å². The summed E-state index contributed by atoms with van der Waals surface area (Å²) in [4.78, 5) is 15.0. The van der Waals surface area contributed by atoms with E-state index in [1.54, 1.807) is 13.2 Å². The number of likely N-dealkylation sites (tertiary alicyclic amines) is 1. The van der Waals surface area contributed by atoms with E-state index in [1.165, 1.54) is 24.8 Å². The number of methoxy groups -OCH3 is 1. The van der Waals surface area contributed by atoms with Crippen molar-refractivity contribution in [3.05, 3.63) is 90.0 Å². The molecule has 1 fully saturated rings. The van der Waals surface area contributed by atoms with Gasteiger partial charge >= 0.3 is 0 Å². The molecule has 3 aromatic rings. The molecule has 1 saturated heterocycles. The van der Waals surface area contributed by atoms with E-state index in [0.717, 1.165) is 41.2 Å². The Labute approximate surface area is 209 Å². The molecular formula is C28H29IN2O2. The number of carbonyl (C=O) groups excluding carboxylic acids is 1. The van der Waals surface area contributed by atoms with Gasteiger partial charge in [-0.25, -0.2) is 0 Å². The molecule has 1 aliphatic rings. The minimum Gasteiger partial charge on any atom is -0.497 e. The number of piperidine rings is 1. The first kappa shape index (κ1) is 23.5. The molecule has 1 aliphatic heterocycles. The lowest BCUT2D eigenvalue weighted by Crippen LogP contribution is -2.34. The molecule has 3 aromatic carbocycles. The Morgan fingerprint density at radius 1 is 1.06 bits per heavy atom. The number of carbonyl (C=O) groups is 1. The van der Waals surface area contributed by atoms with Gasteiger partial charge in [0.2, 0.25) is 5.91 Å². The van der Waals surface area contributed by atoms with E-state index in [9.17, 15) is 4.79 Å². The van der Waals surface area contributed by atoms with Gasteiger partial charge < -0.3 is 10.1 Å². The van der Waals surface area contributed by atoms with Crippen molar-refractivity contribution in [3.63, 3.8) is 0 Å². The monoisotopic (exact) mass is 552 g/mol. The van der Waals surface area contributed by atoms with Crippen LogP contribution in [0.15, 0.2) is 78.9 Å². The van der Waals surface area contributed by atoms with Gasteiger partial charge in [-0.05, 0) is 84.5 Å². The number of nitrogens with one attached hydrogen (secondary N) is 1. The third-order valence-electron chi connectivity index (χ3n) is 5.88. The first-order chi connectivity index (χ1) is 16.1. The summed E-state index contributed by atoms with van der Waals surface area (Å²) in [7, 11) is 1.66. The Morgan fingerprint density at radius 3 is 2.58 bits per heavy atom. The van der Waals surface area contributed by atoms with E-state index >= 15 is 0 Å². The van der Waals surface area contributed by atoms with E-state index in [2.05, 4.69) is 57.1 Å². The number of hydrogen-bond acceptors (Lipinski definition) is 3. The van der Waals surface area contributed by atoms with Crippen LogP contribution in [0.1, 0.15) is 30.4 Å². The van der Waals surface area contributed by atoms with E-state index in [1.807, 2.05) is 54.6 Å². The van der Waals surface area contributed by atoms with Crippen LogP contribution in [0, 0.1) is 0 Å². The summed E-state index contributed by atoms with van der Waals surface area (Å²) in [6, 6.07) is 24.3. The second kappa shape index (κ2) is 11.5. The van der Waals surface area contributed by atoms with Crippen LogP contribution in [-0.2, 0) is 11.3 Å². The Hall–Kier alpha value is -2.64. The average molecular weight is 552 g/mol. The van der Waals surface area contributed by atoms with Crippen LogP contribution in [0.2, 0.25) is 0 Å². The number of nitrogens with zero attached hydrogens (tertiary/aromatic N) is 1. The van der Waals surface area contributed by atoms with Gasteiger partial charge in [0.25, 0.3) is 0 Å². The second-order valence-corrected chi connectivity index (χ2v) is 9.71. The quantitative estimate of drug-likeness (QED) is 0.152. The fourth-order valence-electron chi connectivity index (χ4n) is 4.02. The van der Waals surface area contributed by atoms with Gasteiger partial charge in [-0.2, -0.15) is 0 Å². The zero-order chi connectivity index (χ0) is 23.0. The van der Waals surface area contributed by atoms with Crippen molar-refractivity contribution >= 4 is 40.3 Å². The summed E-state index contributed by atoms with van der Waals surface area (Å²) in [5.74, 6) is 0.696. The molecule has 1 atom stereocenters. The van der Waals surface area contributed by atoms with Crippen molar-refractivity contribution in [3.8, 4) is 16.9 Å². The molecule has 4 nitrogen and oxygen atoms in total. The number of ether oxygens (including phenoxy) is 1. The zero-order valence-corrected chi connectivity index (χ0v) is 21.0. The SMILES string of the molecule is COc1ccc(-c2cccc(/C=C/C(=O)Nc3ccc(CN4CCCCC4I)cc3)c2)cc1. The molecule has 4 rings (SSSR count). The minimum absolute atomic E-state index is 0.138. The molecule has 33 heavy (non-hydrogen) atoms. The fraction of sp³-hybridized carbons (Fsp3) is 0.250. The van der Waals surface area contributed by atoms with Gasteiger partial charge in [-0.1, -0.05) is 65.1 Å². The van der Waals surface area contributed by atoms with Gasteiger partial charge in [0.05, 0.1) is 11.2 Å². The van der Waals surface area contributed by atoms with Gasteiger partial charge in [-0.15, -0.1) is 0 Å². The Bertz CT molecular complexity index is 1090. The highest BCUT2D eigenvalue weighted by atomic mass is 127. The number of amides is 1. The number of rotatable bonds is 7. The van der Waals surface area contributed by atoms with Gasteiger partial charge in [0.1, 0.15) is 5.75 Å². The highest BCUT2D eigenvalue weighted by Gasteiger charge is 2.19. The molecule has 1 unspecified atom stereocenters. The molecule has 0 saturated carbocycles. The number of anilines is 1. The maximum atomic E-state index is 12.4. The molecule has 170 valence electrons. The smallest absolute Gasteiger partial charge is 0.248 e. The lowest BCUT2D eigenvalue weighted by Gasteiger charge is -2.32. The van der Waals surface area contributed by atoms with Crippen LogP contribution in [0.3, 0.4) is 0 Å². The number of hydrogen-bond donors (Lipinski definition) is 1. The van der Waals surface area contributed by atoms with Gasteiger partial charge in [0, 0.05) is 18.3 Å². The van der Waals surface area contributed by atoms with Crippen LogP contribution in [0.4, 0.5) is 5.69 Å². The summed E-state index contributed by atoms with van der Waals surface area (Å²) in [5, 5.41) is 2.96. The summed E-state index contributed by atoms with van der Waals surface area (Å²) in [6.45, 7) is 2.13. The largest absolute Gasteiger partial charge is 0.497 e. The maximum absolute atomic E-state index is 12.4. The van der Waals surface area contributed by atoms with Crippen LogP contribution < -0.4 is 10.1 Å². The van der Waals surface area contributed by atoms with Crippen molar-refractivity contribution in [2.24, 2.45) is 0 Å². The third-order valence-corrected chi connectivity index (χ3v) is 7.29. The van der Waals surface area contributed by atoms with Crippen molar-refractivity contribution in [2.75, 3.05) is 19.0 Å². The van der Waals surface area contributed by atoms with Crippen LogP contribution in [0.5, 0.6) is 5.75 Å². The lowest BCUT2D eigenvalue weighted by molar-refractivity contribution is -0.111. The zero-order valence-electron chi connectivity index (χ0n) is 18.8. The normalized spacial score (nSPS) is 16.6. The highest BCUT2D eigenvalue weighted by molar-refractivity contribution is 14.1. The third kappa shape index (κ3) is 6.68. The minimum atomic E-state index is -0.138. The lowest BCUT2D eigenvalue weighted by atomic mass is 10.0. The molecule has 1 N–H and O–H groups in total. The van der Waals surface area contributed by atoms with Gasteiger partial charge in [0.15, 0.2) is 0 Å². The van der Waals surface area contributed by atoms with Crippen LogP contribution >= 0.6 is 22.6 Å². The number of alkyl halides is 1. The van der Waals surface area contributed by atoms with E-state index in [4.69, 9.17) is 4.74 Å². The van der Waals surface area contributed by atoms with Crippen molar-refractivity contribution < 1.29 is 9.53 Å². The molecule has 1 heterocycles. The summed E-state index contributed by atoms with van der Waals surface area (Å²) >= 11 is 2.55. The Kier molecular flexibility index (Phi) is 8.18. The standard InChI is InChI=1S/C28H29IN2O2/c1-33-26-15-11-23(12-16-26)24-6-4-5-21(19-24)10-17-28(32)30-25-13-8-22(9-14-25)20-31-18-3-2-7-27(31)29/h4-6,8-17,19,27H,2-3,7,18,20H2,1H3,(H,30,32)/b17-10+. The Balaban J connectivity index is 1.34. The van der Waals surface area contributed by atoms with Crippen molar-refractivity contribution in [1.29, 1.82) is 0 Å². The van der Waals surface area contributed by atoms with Crippen molar-refractivity contribution in [1.82, 2.24) is 4.90 Å². The molecular weight excluding hydrogens is 523 g/mol. The first-order valence-corrected chi connectivity index (χ1v) is 12.6. The van der Waals surface area contributed by atoms with Crippen LogP contribution in [-0.4, -0.2) is 28.5 Å². The highest BCUT2D eigenvalue weighted by Crippen LogP contribution is 2.25. The average Bonchev–Trinajstić information content (AvgIpc) is 2.85. The van der Waals surface area contributed by atoms with E-state index in [-0.39, 0.29) is 5.91 Å². The molecule has 0 aromatic heterocycles. The maximum Gasteiger partial charge on any atom is 0.248 e. The summed E-state index contributed by atoms with van der Waals surface area (Å²) in [6.07, 6.45) is 7.30. The second-order valence-electron chi connectivity index (χ2n) is 8.27. The number of halogens is 1. The molecule has 0 spiro atoms. The van der Waals surface area contributed by atoms with Gasteiger partial charge in [-0.3, -0.25) is 9.69 Å². The molecule has 0 bridgehead atoms. The van der Waals surface area contributed by atoms with E-state index < -0.39 is 0 Å². The van der Waals surface area contributed by atoms with Crippen LogP contribution in [0.25, 0.3) is 17.2 Å². The fourth-order valence-corrected chi connectivity index (χ4v) is 4.93. The summed E-state index contributed by atoms with van der Waals surface area (Å²) < 4.78 is 5.84.